The number of nitrogens with two attached hydrogens (primary N) is 1. The van der Waals surface area contributed by atoms with Crippen LogP contribution in [0.15, 0.2) is 30.3 Å². The quantitative estimate of drug-likeness (QED) is 0.808. The number of hydrogen-bond donors (Lipinski definition) is 1. The van der Waals surface area contributed by atoms with E-state index < -0.39 is 0 Å². The first-order valence-electron chi connectivity index (χ1n) is 2.65. The van der Waals surface area contributed by atoms with Gasteiger partial charge >= 0.3 is 65.0 Å². The van der Waals surface area contributed by atoms with Gasteiger partial charge in [-0.05, 0) is 0 Å². The number of hydrogen-bond acceptors (Lipinski definition) is 1. The normalized spacial score (nSPS) is 9.00. The molecule has 0 radical (unpaired) electrons. The van der Waals surface area contributed by atoms with Crippen LogP contribution in [-0.4, -0.2) is 4.02 Å². The van der Waals surface area contributed by atoms with Crippen LogP contribution >= 0.6 is 0 Å². The molecule has 0 aliphatic carbocycles. The molecule has 0 saturated heterocycles. The van der Waals surface area contributed by atoms with Crippen molar-refractivity contribution in [2.24, 2.45) is 5.73 Å². The van der Waals surface area contributed by atoms with Gasteiger partial charge in [-0.15, -0.1) is 0 Å². The molecular formula is C7H7NW. The van der Waals surface area contributed by atoms with E-state index in [9.17, 15) is 0 Å². The third-order valence-electron chi connectivity index (χ3n) is 1.06. The summed E-state index contributed by atoms with van der Waals surface area (Å²) >= 11 is 1.33. The van der Waals surface area contributed by atoms with Crippen LogP contribution in [0.1, 0.15) is 5.56 Å². The van der Waals surface area contributed by atoms with Crippen molar-refractivity contribution in [3.8, 4) is 0 Å². The molecular weight excluding hydrogens is 282 g/mol. The van der Waals surface area contributed by atoms with Gasteiger partial charge in [-0.1, -0.05) is 0 Å². The number of benzene rings is 1. The first-order valence-corrected chi connectivity index (χ1v) is 4.12. The van der Waals surface area contributed by atoms with Crippen LogP contribution in [0.25, 0.3) is 0 Å². The molecule has 2 N–H and O–H groups in total. The summed E-state index contributed by atoms with van der Waals surface area (Å²) in [5.41, 5.74) is 6.71. The van der Waals surface area contributed by atoms with E-state index in [1.165, 1.54) is 19.4 Å². The van der Waals surface area contributed by atoms with Crippen molar-refractivity contribution in [2.75, 3.05) is 0 Å². The average molecular weight is 289 g/mol. The Morgan fingerprint density at radius 2 is 1.78 bits per heavy atom. The van der Waals surface area contributed by atoms with Crippen molar-refractivity contribution in [2.45, 2.75) is 0 Å². The van der Waals surface area contributed by atoms with Crippen LogP contribution in [-0.2, 0) is 19.4 Å². The molecule has 1 rings (SSSR count). The Kier molecular flexibility index (Phi) is 2.32. The van der Waals surface area contributed by atoms with E-state index in [1.807, 2.05) is 30.3 Å². The van der Waals surface area contributed by atoms with Crippen molar-refractivity contribution in [3.63, 3.8) is 0 Å². The fraction of sp³-hybridized carbons (Fsp3) is 0. The second kappa shape index (κ2) is 3.05. The van der Waals surface area contributed by atoms with Gasteiger partial charge in [-0.3, -0.25) is 0 Å². The van der Waals surface area contributed by atoms with Crippen LogP contribution in [0.5, 0.6) is 0 Å². The fourth-order valence-electron chi connectivity index (χ4n) is 0.602. The van der Waals surface area contributed by atoms with Crippen LogP contribution in [0.3, 0.4) is 0 Å². The van der Waals surface area contributed by atoms with E-state index in [0.29, 0.717) is 0 Å². The molecule has 0 aliphatic rings. The molecule has 0 aliphatic heterocycles. The predicted molar refractivity (Wildman–Crippen MR) is 34.7 cm³/mol. The molecule has 0 saturated carbocycles. The predicted octanol–water partition coefficient (Wildman–Crippen LogP) is 0.670. The summed E-state index contributed by atoms with van der Waals surface area (Å²) in [5, 5.41) is 0. The van der Waals surface area contributed by atoms with E-state index >= 15 is 0 Å². The van der Waals surface area contributed by atoms with E-state index in [0.717, 1.165) is 9.59 Å². The van der Waals surface area contributed by atoms with Crippen molar-refractivity contribution in [3.05, 3.63) is 35.9 Å². The van der Waals surface area contributed by atoms with Gasteiger partial charge in [0, 0.05) is 0 Å². The summed E-state index contributed by atoms with van der Waals surface area (Å²) in [6.07, 6.45) is 0. The van der Waals surface area contributed by atoms with Gasteiger partial charge in [-0.25, -0.2) is 0 Å². The summed E-state index contributed by atoms with van der Waals surface area (Å²) < 4.78 is 0.954. The van der Waals surface area contributed by atoms with Gasteiger partial charge in [0.25, 0.3) is 0 Å². The maximum atomic E-state index is 5.57. The molecule has 0 amide bonds. The van der Waals surface area contributed by atoms with E-state index in [1.54, 1.807) is 0 Å². The zero-order chi connectivity index (χ0) is 6.69. The minimum absolute atomic E-state index is 0.954. The molecule has 46 valence electrons. The zero-order valence-electron chi connectivity index (χ0n) is 4.87. The van der Waals surface area contributed by atoms with Crippen LogP contribution in [0, 0.1) is 0 Å². The third-order valence-corrected chi connectivity index (χ3v) is 1.91. The summed E-state index contributed by atoms with van der Waals surface area (Å²) in [7, 11) is 0. The molecule has 9 heavy (non-hydrogen) atoms. The minimum atomic E-state index is 0.954. The molecule has 1 nitrogen and oxygen atoms in total. The van der Waals surface area contributed by atoms with Crippen LogP contribution < -0.4 is 5.73 Å². The Labute approximate surface area is 65.3 Å². The third kappa shape index (κ3) is 1.85. The maximum absolute atomic E-state index is 5.57. The van der Waals surface area contributed by atoms with Crippen LogP contribution in [0.2, 0.25) is 0 Å². The molecule has 0 aromatic heterocycles. The molecule has 0 unspecified atom stereocenters. The first kappa shape index (κ1) is 6.85. The Bertz CT molecular complexity index is 205. The molecule has 0 atom stereocenters. The molecule has 0 bridgehead atoms. The van der Waals surface area contributed by atoms with Gasteiger partial charge in [0.2, 0.25) is 0 Å². The Morgan fingerprint density at radius 1 is 1.22 bits per heavy atom. The summed E-state index contributed by atoms with van der Waals surface area (Å²) in [5.74, 6) is 0. The van der Waals surface area contributed by atoms with E-state index in [2.05, 4.69) is 0 Å². The van der Waals surface area contributed by atoms with E-state index in [-0.39, 0.29) is 0 Å². The van der Waals surface area contributed by atoms with Crippen molar-refractivity contribution in [1.82, 2.24) is 0 Å². The summed E-state index contributed by atoms with van der Waals surface area (Å²) in [6, 6.07) is 10.0. The fourth-order valence-corrected chi connectivity index (χ4v) is 1.09. The van der Waals surface area contributed by atoms with Gasteiger partial charge in [0.1, 0.15) is 0 Å². The molecule has 0 fully saturated rings. The van der Waals surface area contributed by atoms with Gasteiger partial charge in [0.15, 0.2) is 0 Å². The van der Waals surface area contributed by atoms with Crippen LogP contribution in [0.4, 0.5) is 0 Å². The van der Waals surface area contributed by atoms with Crippen molar-refractivity contribution in [1.29, 1.82) is 0 Å². The Hall–Kier alpha value is -0.262. The van der Waals surface area contributed by atoms with Crippen molar-refractivity contribution < 1.29 is 19.4 Å². The second-order valence-corrected chi connectivity index (χ2v) is 3.31. The molecule has 0 spiro atoms. The molecule has 1 aromatic carbocycles. The average Bonchev–Trinajstić information content (AvgIpc) is 1.90. The monoisotopic (exact) mass is 289 g/mol. The van der Waals surface area contributed by atoms with Gasteiger partial charge in [-0.2, -0.15) is 0 Å². The zero-order valence-corrected chi connectivity index (χ0v) is 7.81. The van der Waals surface area contributed by atoms with Gasteiger partial charge in [0.05, 0.1) is 0 Å². The summed E-state index contributed by atoms with van der Waals surface area (Å²) in [6.45, 7) is 0. The molecule has 2 heteroatoms. The Morgan fingerprint density at radius 3 is 2.11 bits per heavy atom. The standard InChI is InChI=1S/C7H7N.W/c8-6-7-4-2-1-3-5-7;/h1-5H,8H2;. The molecule has 0 heterocycles. The Balaban J connectivity index is 2.98. The van der Waals surface area contributed by atoms with E-state index in [4.69, 9.17) is 5.73 Å². The number of rotatable bonds is 1. The molecule has 1 aromatic rings. The van der Waals surface area contributed by atoms with Gasteiger partial charge < -0.3 is 0 Å². The SMILES string of the molecule is N[C](=[W])c1ccccc1. The first-order chi connectivity index (χ1) is 4.30. The topological polar surface area (TPSA) is 26.0 Å². The second-order valence-electron chi connectivity index (χ2n) is 1.73. The van der Waals surface area contributed by atoms with Crippen molar-refractivity contribution >= 4 is 4.02 Å². The summed E-state index contributed by atoms with van der Waals surface area (Å²) in [4.78, 5) is 0.